The van der Waals surface area contributed by atoms with Crippen LogP contribution in [0.2, 0.25) is 0 Å². The summed E-state index contributed by atoms with van der Waals surface area (Å²) in [6.07, 6.45) is 7.06. The van der Waals surface area contributed by atoms with E-state index in [1.807, 2.05) is 58.3 Å². The molecule has 0 spiro atoms. The highest BCUT2D eigenvalue weighted by atomic mass is 19.4. The first-order chi connectivity index (χ1) is 25.2. The fraction of sp³-hybridized carbons (Fsp3) is 0.465. The molecule has 2 aromatic rings. The Hall–Kier alpha value is -4.28. The number of aryl methyl sites for hydroxylation is 1. The zero-order chi connectivity index (χ0) is 38.7. The number of alkyl halides is 3. The third-order valence-electron chi connectivity index (χ3n) is 9.51. The summed E-state index contributed by atoms with van der Waals surface area (Å²) in [6, 6.07) is 9.50. The van der Waals surface area contributed by atoms with Crippen molar-refractivity contribution in [1.29, 1.82) is 0 Å². The maximum Gasteiger partial charge on any atom is 0.416 e. The second kappa shape index (κ2) is 19.2. The number of nitrogens with one attached hydrogen (secondary N) is 4. The molecule has 1 aliphatic carbocycles. The molecular formula is C43H58F3N5O2. The maximum atomic E-state index is 14.3. The number of allylic oxidation sites excluding steroid dienone is 7. The summed E-state index contributed by atoms with van der Waals surface area (Å²) in [4.78, 5) is 16.4. The normalized spacial score (nSPS) is 16.4. The molecule has 1 heterocycles. The second-order valence-electron chi connectivity index (χ2n) is 14.5. The molecule has 0 atom stereocenters. The molecule has 0 bridgehead atoms. The quantitative estimate of drug-likeness (QED) is 0.146. The molecule has 1 amide bonds. The van der Waals surface area contributed by atoms with Gasteiger partial charge in [0.1, 0.15) is 11.9 Å². The average Bonchev–Trinajstić information content (AvgIpc) is 3.23. The molecule has 4 rings (SSSR count). The predicted molar refractivity (Wildman–Crippen MR) is 213 cm³/mol. The van der Waals surface area contributed by atoms with E-state index in [9.17, 15) is 18.0 Å². The number of likely N-dealkylation sites (N-methyl/N-ethyl adjacent to an activating group) is 1. The zero-order valence-corrected chi connectivity index (χ0v) is 32.7. The molecule has 10 heteroatoms. The molecule has 2 aromatic carbocycles. The van der Waals surface area contributed by atoms with Crippen molar-refractivity contribution in [3.63, 3.8) is 0 Å². The molecular weight excluding hydrogens is 676 g/mol. The van der Waals surface area contributed by atoms with Crippen LogP contribution in [0.4, 0.5) is 24.5 Å². The number of carbonyl (C=O) groups is 1. The Morgan fingerprint density at radius 3 is 2.43 bits per heavy atom. The van der Waals surface area contributed by atoms with E-state index in [4.69, 9.17) is 4.74 Å². The van der Waals surface area contributed by atoms with Gasteiger partial charge in [-0.15, -0.1) is 0 Å². The molecule has 53 heavy (non-hydrogen) atoms. The summed E-state index contributed by atoms with van der Waals surface area (Å²) < 4.78 is 48.5. The van der Waals surface area contributed by atoms with Crippen molar-refractivity contribution in [2.75, 3.05) is 50.9 Å². The smallest absolute Gasteiger partial charge is 0.416 e. The fourth-order valence-corrected chi connectivity index (χ4v) is 6.43. The molecule has 2 aliphatic rings. The van der Waals surface area contributed by atoms with E-state index in [0.29, 0.717) is 53.5 Å². The first-order valence-corrected chi connectivity index (χ1v) is 18.9. The van der Waals surface area contributed by atoms with Crippen LogP contribution in [0.15, 0.2) is 88.7 Å². The lowest BCUT2D eigenvalue weighted by atomic mass is 9.96. The molecule has 0 saturated carbocycles. The lowest BCUT2D eigenvalue weighted by Gasteiger charge is -2.25. The number of hydrogen-bond donors (Lipinski definition) is 4. The fourth-order valence-electron chi connectivity index (χ4n) is 6.43. The van der Waals surface area contributed by atoms with Crippen molar-refractivity contribution in [2.45, 2.75) is 85.9 Å². The van der Waals surface area contributed by atoms with E-state index in [1.54, 1.807) is 6.07 Å². The van der Waals surface area contributed by atoms with E-state index >= 15 is 0 Å². The van der Waals surface area contributed by atoms with Crippen molar-refractivity contribution in [2.24, 2.45) is 5.92 Å². The van der Waals surface area contributed by atoms with Crippen LogP contribution in [0.25, 0.3) is 5.70 Å². The maximum absolute atomic E-state index is 14.3. The van der Waals surface area contributed by atoms with Crippen molar-refractivity contribution in [3.8, 4) is 5.75 Å². The van der Waals surface area contributed by atoms with Gasteiger partial charge in [0.05, 0.1) is 16.8 Å². The van der Waals surface area contributed by atoms with Crippen LogP contribution in [0.1, 0.15) is 83.4 Å². The summed E-state index contributed by atoms with van der Waals surface area (Å²) in [6.45, 7) is 15.4. The minimum Gasteiger partial charge on any atom is -0.490 e. The van der Waals surface area contributed by atoms with E-state index in [2.05, 4.69) is 66.0 Å². The molecule has 7 nitrogen and oxygen atoms in total. The second-order valence-corrected chi connectivity index (χ2v) is 14.5. The van der Waals surface area contributed by atoms with Gasteiger partial charge in [-0.1, -0.05) is 63.6 Å². The molecule has 0 unspecified atom stereocenters. The number of benzene rings is 2. The number of hydrogen-bond acceptors (Lipinski definition) is 6. The van der Waals surface area contributed by atoms with Gasteiger partial charge < -0.3 is 30.9 Å². The topological polar surface area (TPSA) is 77.7 Å². The van der Waals surface area contributed by atoms with E-state index in [0.717, 1.165) is 67.9 Å². The number of rotatable bonds is 15. The number of carbonyl (C=O) groups excluding carboxylic acids is 1. The van der Waals surface area contributed by atoms with Crippen LogP contribution < -0.4 is 26.0 Å². The van der Waals surface area contributed by atoms with Crippen molar-refractivity contribution in [3.05, 3.63) is 105 Å². The number of amides is 1. The van der Waals surface area contributed by atoms with Gasteiger partial charge in [-0.3, -0.25) is 4.79 Å². The molecule has 0 radical (unpaired) electrons. The highest BCUT2D eigenvalue weighted by Crippen LogP contribution is 2.36. The first kappa shape index (κ1) is 41.5. The number of anilines is 2. The minimum absolute atomic E-state index is 0.153. The van der Waals surface area contributed by atoms with Crippen LogP contribution >= 0.6 is 0 Å². The van der Waals surface area contributed by atoms with Crippen LogP contribution in [-0.4, -0.2) is 57.2 Å². The Balaban J connectivity index is 1.67. The summed E-state index contributed by atoms with van der Waals surface area (Å²) in [5.74, 6) is 0.294. The molecule has 1 fully saturated rings. The molecule has 1 saturated heterocycles. The monoisotopic (exact) mass is 733 g/mol. The van der Waals surface area contributed by atoms with Gasteiger partial charge in [0.2, 0.25) is 0 Å². The van der Waals surface area contributed by atoms with E-state index in [-0.39, 0.29) is 17.8 Å². The number of piperidine rings is 1. The molecule has 4 N–H and O–H groups in total. The minimum atomic E-state index is -4.54. The van der Waals surface area contributed by atoms with E-state index < -0.39 is 11.7 Å². The van der Waals surface area contributed by atoms with Crippen molar-refractivity contribution >= 4 is 23.0 Å². The summed E-state index contributed by atoms with van der Waals surface area (Å²) in [7, 11) is 4.04. The molecule has 1 aliphatic heterocycles. The largest absolute Gasteiger partial charge is 0.490 e. The molecule has 288 valence electrons. The van der Waals surface area contributed by atoms with Gasteiger partial charge in [-0.05, 0) is 121 Å². The SMILES string of the molecule is CCC=C(Nc1ccc(C)c(NC(=O)C2=CCC(CC)=C(C)C(/C=C\C(C)C)=C2NCCN(C)C)c1)c1cc(OC2CCNCC2)cc(C(F)(F)F)c1. The van der Waals surface area contributed by atoms with Gasteiger partial charge in [-0.25, -0.2) is 0 Å². The summed E-state index contributed by atoms with van der Waals surface area (Å²) in [5.41, 5.74) is 7.05. The number of halogens is 3. The first-order valence-electron chi connectivity index (χ1n) is 18.9. The van der Waals surface area contributed by atoms with Gasteiger partial charge in [0.15, 0.2) is 0 Å². The van der Waals surface area contributed by atoms with Gasteiger partial charge in [0, 0.05) is 41.3 Å². The van der Waals surface area contributed by atoms with Crippen LogP contribution in [0.3, 0.4) is 0 Å². The predicted octanol–water partition coefficient (Wildman–Crippen LogP) is 9.62. The number of nitrogens with zero attached hydrogens (tertiary/aromatic N) is 1. The summed E-state index contributed by atoms with van der Waals surface area (Å²) >= 11 is 0. The van der Waals surface area contributed by atoms with E-state index in [1.165, 1.54) is 11.1 Å². The Morgan fingerprint density at radius 2 is 1.79 bits per heavy atom. The van der Waals surface area contributed by atoms with Gasteiger partial charge in [0.25, 0.3) is 5.91 Å². The van der Waals surface area contributed by atoms with Crippen LogP contribution in [0, 0.1) is 12.8 Å². The Morgan fingerprint density at radius 1 is 1.06 bits per heavy atom. The van der Waals surface area contributed by atoms with Crippen molar-refractivity contribution < 1.29 is 22.7 Å². The van der Waals surface area contributed by atoms with Crippen LogP contribution in [0.5, 0.6) is 5.75 Å². The lowest BCUT2D eigenvalue weighted by molar-refractivity contribution is -0.137. The highest BCUT2D eigenvalue weighted by Gasteiger charge is 2.32. The van der Waals surface area contributed by atoms with Gasteiger partial charge in [-0.2, -0.15) is 13.2 Å². The Labute approximate surface area is 314 Å². The van der Waals surface area contributed by atoms with Crippen molar-refractivity contribution in [1.82, 2.24) is 15.5 Å². The lowest BCUT2D eigenvalue weighted by Crippen LogP contribution is -2.34. The van der Waals surface area contributed by atoms with Crippen LogP contribution in [-0.2, 0) is 11.0 Å². The molecule has 0 aromatic heterocycles. The third kappa shape index (κ3) is 11.9. The van der Waals surface area contributed by atoms with Gasteiger partial charge >= 0.3 is 6.18 Å². The highest BCUT2D eigenvalue weighted by molar-refractivity contribution is 6.08. The standard InChI is InChI=1S/C43H58F3N5O2/c1-9-11-39(32-24-33(43(44,45)46)26-36(25-32)53-35-18-20-47-21-19-35)49-34-15-13-29(5)40(27-34)50-42(52)38-17-14-31(10-2)30(6)37(16-12-28(3)4)41(38)48-22-23-51(7)8/h11-13,15-17,24-28,35,47-49H,9-10,14,18-23H2,1-8H3,(H,50,52)/b16-12-,39-11?. The average molecular weight is 734 g/mol. The Kier molecular flexibility index (Phi) is 15.0. The number of ether oxygens (including phenoxy) is 1. The zero-order valence-electron chi connectivity index (χ0n) is 32.7. The summed E-state index contributed by atoms with van der Waals surface area (Å²) in [5, 5.41) is 13.4. The Bertz CT molecular complexity index is 1740. The third-order valence-corrected chi connectivity index (χ3v) is 9.51.